The Morgan fingerprint density at radius 3 is 2.52 bits per heavy atom. The zero-order valence-corrected chi connectivity index (χ0v) is 11.8. The van der Waals surface area contributed by atoms with E-state index in [0.717, 1.165) is 10.9 Å². The highest BCUT2D eigenvalue weighted by atomic mass is 16.3. The van der Waals surface area contributed by atoms with Crippen LogP contribution in [0.5, 0.6) is 5.75 Å². The van der Waals surface area contributed by atoms with Gasteiger partial charge in [0.1, 0.15) is 11.5 Å². The van der Waals surface area contributed by atoms with Crippen molar-refractivity contribution in [1.29, 1.82) is 0 Å². The molecule has 0 atom stereocenters. The molecule has 4 heteroatoms. The van der Waals surface area contributed by atoms with Gasteiger partial charge in [0.2, 0.25) is 0 Å². The van der Waals surface area contributed by atoms with E-state index < -0.39 is 0 Å². The summed E-state index contributed by atoms with van der Waals surface area (Å²) in [5.41, 5.74) is 2.01. The fourth-order valence-electron chi connectivity index (χ4n) is 2.50. The van der Waals surface area contributed by atoms with Gasteiger partial charge < -0.3 is 14.8 Å². The maximum atomic E-state index is 12.4. The maximum absolute atomic E-state index is 12.4. The number of carbonyl (C=O) groups is 1. The second kappa shape index (κ2) is 4.98. The van der Waals surface area contributed by atoms with Gasteiger partial charge in [-0.3, -0.25) is 4.79 Å². The SMILES string of the molecule is Cc1coc(C)c1C(=O)Nc1cccc2c(O)cccc12. The van der Waals surface area contributed by atoms with E-state index in [1.54, 1.807) is 31.4 Å². The molecule has 4 nitrogen and oxygen atoms in total. The van der Waals surface area contributed by atoms with Crippen LogP contribution in [-0.2, 0) is 0 Å². The fraction of sp³-hybridized carbons (Fsp3) is 0.118. The fourth-order valence-corrected chi connectivity index (χ4v) is 2.50. The van der Waals surface area contributed by atoms with E-state index in [1.165, 1.54) is 0 Å². The van der Waals surface area contributed by atoms with Crippen LogP contribution in [0.3, 0.4) is 0 Å². The molecule has 0 unspecified atom stereocenters. The predicted molar refractivity (Wildman–Crippen MR) is 81.7 cm³/mol. The lowest BCUT2D eigenvalue weighted by Gasteiger charge is -2.09. The highest BCUT2D eigenvalue weighted by Gasteiger charge is 2.16. The predicted octanol–water partition coefficient (Wildman–Crippen LogP) is 4.01. The Balaban J connectivity index is 2.03. The zero-order chi connectivity index (χ0) is 15.0. The summed E-state index contributed by atoms with van der Waals surface area (Å²) in [6.07, 6.45) is 1.57. The van der Waals surface area contributed by atoms with Gasteiger partial charge in [0.05, 0.1) is 11.8 Å². The van der Waals surface area contributed by atoms with Crippen molar-refractivity contribution in [3.05, 3.63) is 59.5 Å². The number of phenolic OH excluding ortho intramolecular Hbond substituents is 1. The molecule has 1 aromatic heterocycles. The second-order valence-corrected chi connectivity index (χ2v) is 4.98. The van der Waals surface area contributed by atoms with E-state index in [4.69, 9.17) is 4.42 Å². The van der Waals surface area contributed by atoms with Gasteiger partial charge in [0.25, 0.3) is 5.91 Å². The molecule has 0 saturated heterocycles. The summed E-state index contributed by atoms with van der Waals surface area (Å²) in [5.74, 6) is 0.571. The number of anilines is 1. The Kier molecular flexibility index (Phi) is 3.14. The number of aromatic hydroxyl groups is 1. The molecular weight excluding hydrogens is 266 g/mol. The van der Waals surface area contributed by atoms with Crippen LogP contribution in [0.2, 0.25) is 0 Å². The van der Waals surface area contributed by atoms with Crippen molar-refractivity contribution in [1.82, 2.24) is 0 Å². The molecule has 3 rings (SSSR count). The Morgan fingerprint density at radius 1 is 1.10 bits per heavy atom. The summed E-state index contributed by atoms with van der Waals surface area (Å²) in [6, 6.07) is 10.7. The number of hydrogen-bond acceptors (Lipinski definition) is 3. The first-order valence-electron chi connectivity index (χ1n) is 6.64. The van der Waals surface area contributed by atoms with Crippen LogP contribution < -0.4 is 5.32 Å². The van der Waals surface area contributed by atoms with E-state index in [0.29, 0.717) is 22.4 Å². The normalized spacial score (nSPS) is 10.8. The second-order valence-electron chi connectivity index (χ2n) is 4.98. The average molecular weight is 281 g/mol. The molecule has 2 aromatic carbocycles. The minimum atomic E-state index is -0.213. The number of phenols is 1. The first kappa shape index (κ1) is 13.2. The number of carbonyl (C=O) groups excluding carboxylic acids is 1. The summed E-state index contributed by atoms with van der Waals surface area (Å²) in [7, 11) is 0. The summed E-state index contributed by atoms with van der Waals surface area (Å²) in [6.45, 7) is 3.59. The number of aryl methyl sites for hydroxylation is 2. The molecular formula is C17H15NO3. The highest BCUT2D eigenvalue weighted by Crippen LogP contribution is 2.30. The molecule has 106 valence electrons. The molecule has 0 radical (unpaired) electrons. The molecule has 21 heavy (non-hydrogen) atoms. The van der Waals surface area contributed by atoms with Crippen molar-refractivity contribution < 1.29 is 14.3 Å². The molecule has 0 aliphatic rings. The number of nitrogens with one attached hydrogen (secondary N) is 1. The van der Waals surface area contributed by atoms with Gasteiger partial charge >= 0.3 is 0 Å². The average Bonchev–Trinajstić information content (AvgIpc) is 2.79. The Labute approximate surface area is 122 Å². The number of fused-ring (bicyclic) bond motifs is 1. The van der Waals surface area contributed by atoms with Gasteiger partial charge in [-0.05, 0) is 26.0 Å². The van der Waals surface area contributed by atoms with Crippen LogP contribution in [0.15, 0.2) is 47.1 Å². The van der Waals surface area contributed by atoms with Crippen LogP contribution in [0.1, 0.15) is 21.7 Å². The molecule has 0 saturated carbocycles. The molecule has 3 aromatic rings. The van der Waals surface area contributed by atoms with E-state index in [-0.39, 0.29) is 11.7 Å². The molecule has 0 aliphatic carbocycles. The van der Waals surface area contributed by atoms with Gasteiger partial charge in [-0.25, -0.2) is 0 Å². The number of rotatable bonds is 2. The zero-order valence-electron chi connectivity index (χ0n) is 11.8. The van der Waals surface area contributed by atoms with Crippen molar-refractivity contribution in [3.63, 3.8) is 0 Å². The Bertz CT molecular complexity index is 814. The lowest BCUT2D eigenvalue weighted by Crippen LogP contribution is -2.13. The van der Waals surface area contributed by atoms with E-state index in [1.807, 2.05) is 25.1 Å². The van der Waals surface area contributed by atoms with Gasteiger partial charge in [0, 0.05) is 22.0 Å². The third kappa shape index (κ3) is 2.25. The van der Waals surface area contributed by atoms with Crippen LogP contribution in [-0.4, -0.2) is 11.0 Å². The van der Waals surface area contributed by atoms with Gasteiger partial charge in [-0.15, -0.1) is 0 Å². The van der Waals surface area contributed by atoms with Crippen molar-refractivity contribution in [2.75, 3.05) is 5.32 Å². The Hall–Kier alpha value is -2.75. The molecule has 0 bridgehead atoms. The first-order valence-corrected chi connectivity index (χ1v) is 6.64. The minimum Gasteiger partial charge on any atom is -0.507 e. The van der Waals surface area contributed by atoms with Gasteiger partial charge in [-0.2, -0.15) is 0 Å². The number of furan rings is 1. The molecule has 2 N–H and O–H groups in total. The summed E-state index contributed by atoms with van der Waals surface area (Å²) in [5, 5.41) is 14.3. The van der Waals surface area contributed by atoms with E-state index in [9.17, 15) is 9.90 Å². The summed E-state index contributed by atoms with van der Waals surface area (Å²) in [4.78, 5) is 12.4. The third-order valence-corrected chi connectivity index (χ3v) is 3.53. The van der Waals surface area contributed by atoms with Crippen molar-refractivity contribution in [3.8, 4) is 5.75 Å². The minimum absolute atomic E-state index is 0.194. The smallest absolute Gasteiger partial charge is 0.259 e. The quantitative estimate of drug-likeness (QED) is 0.746. The van der Waals surface area contributed by atoms with Crippen molar-refractivity contribution >= 4 is 22.4 Å². The number of amides is 1. The monoisotopic (exact) mass is 281 g/mol. The van der Waals surface area contributed by atoms with Crippen LogP contribution >= 0.6 is 0 Å². The molecule has 0 fully saturated rings. The Morgan fingerprint density at radius 2 is 1.81 bits per heavy atom. The highest BCUT2D eigenvalue weighted by molar-refractivity contribution is 6.10. The van der Waals surface area contributed by atoms with E-state index in [2.05, 4.69) is 5.32 Å². The van der Waals surface area contributed by atoms with Crippen molar-refractivity contribution in [2.45, 2.75) is 13.8 Å². The molecule has 0 spiro atoms. The van der Waals surface area contributed by atoms with Crippen LogP contribution in [0.4, 0.5) is 5.69 Å². The summed E-state index contributed by atoms with van der Waals surface area (Å²) >= 11 is 0. The maximum Gasteiger partial charge on any atom is 0.259 e. The van der Waals surface area contributed by atoms with Crippen molar-refractivity contribution in [2.24, 2.45) is 0 Å². The van der Waals surface area contributed by atoms with Gasteiger partial charge in [-0.1, -0.05) is 24.3 Å². The third-order valence-electron chi connectivity index (χ3n) is 3.53. The topological polar surface area (TPSA) is 62.5 Å². The first-order chi connectivity index (χ1) is 10.1. The largest absolute Gasteiger partial charge is 0.507 e. The molecule has 1 amide bonds. The van der Waals surface area contributed by atoms with Crippen LogP contribution in [0, 0.1) is 13.8 Å². The standard InChI is InChI=1S/C17H15NO3/c1-10-9-21-11(2)16(10)17(20)18-14-7-3-6-13-12(14)5-4-8-15(13)19/h3-9,19H,1-2H3,(H,18,20). The van der Waals surface area contributed by atoms with Crippen LogP contribution in [0.25, 0.3) is 10.8 Å². The number of hydrogen-bond donors (Lipinski definition) is 2. The number of benzene rings is 2. The summed E-state index contributed by atoms with van der Waals surface area (Å²) < 4.78 is 5.26. The molecule has 0 aliphatic heterocycles. The van der Waals surface area contributed by atoms with Gasteiger partial charge in [0.15, 0.2) is 0 Å². The molecule has 1 heterocycles. The van der Waals surface area contributed by atoms with E-state index >= 15 is 0 Å². The lowest BCUT2D eigenvalue weighted by molar-refractivity contribution is 0.102. The lowest BCUT2D eigenvalue weighted by atomic mass is 10.1.